The number of sulfone groups is 1. The number of pyridine rings is 1. The SMILES string of the molecule is COc1ccc(CNC(=O)c2ccc(-n3c(=O)ccc4c(C)nc(Oc5ccc(S(=O)(=O)c6ccc(O)cc6)cc5)nc43)cc2)cc1OC. The number of phenolic OH excluding ortho intramolecular Hbond substituents is 1. The average Bonchev–Trinajstić information content (AvgIpc) is 3.11. The first kappa shape index (κ1) is 32.7. The number of fused-ring (bicyclic) bond motifs is 1. The van der Waals surface area contributed by atoms with Crippen LogP contribution in [0.1, 0.15) is 21.6 Å². The third-order valence-corrected chi connectivity index (χ3v) is 9.48. The first-order valence-electron chi connectivity index (χ1n) is 14.9. The monoisotopic (exact) mass is 678 g/mol. The smallest absolute Gasteiger partial charge is 0.324 e. The Balaban J connectivity index is 1.23. The summed E-state index contributed by atoms with van der Waals surface area (Å²) in [6.07, 6.45) is 0. The van der Waals surface area contributed by atoms with E-state index >= 15 is 0 Å². The molecule has 0 bridgehead atoms. The highest BCUT2D eigenvalue weighted by molar-refractivity contribution is 7.91. The van der Waals surface area contributed by atoms with Crippen LogP contribution < -0.4 is 25.1 Å². The molecule has 6 aromatic rings. The summed E-state index contributed by atoms with van der Waals surface area (Å²) in [4.78, 5) is 35.1. The van der Waals surface area contributed by atoms with Crippen molar-refractivity contribution in [3.05, 3.63) is 130 Å². The largest absolute Gasteiger partial charge is 0.508 e. The lowest BCUT2D eigenvalue weighted by Crippen LogP contribution is -2.23. The van der Waals surface area contributed by atoms with E-state index in [2.05, 4.69) is 15.3 Å². The molecule has 13 heteroatoms. The van der Waals surface area contributed by atoms with Crippen molar-refractivity contribution in [2.24, 2.45) is 0 Å². The lowest BCUT2D eigenvalue weighted by Gasteiger charge is -2.13. The molecule has 12 nitrogen and oxygen atoms in total. The highest BCUT2D eigenvalue weighted by atomic mass is 32.2. The zero-order chi connectivity index (χ0) is 34.7. The summed E-state index contributed by atoms with van der Waals surface area (Å²) < 4.78 is 43.9. The van der Waals surface area contributed by atoms with E-state index in [0.29, 0.717) is 33.8 Å². The molecule has 0 aliphatic carbocycles. The minimum absolute atomic E-state index is 0.0353. The molecule has 2 heterocycles. The summed E-state index contributed by atoms with van der Waals surface area (Å²) >= 11 is 0. The van der Waals surface area contributed by atoms with Crippen molar-refractivity contribution in [3.63, 3.8) is 0 Å². The number of nitrogens with one attached hydrogen (secondary N) is 1. The van der Waals surface area contributed by atoms with Crippen molar-refractivity contribution < 1.29 is 32.5 Å². The van der Waals surface area contributed by atoms with Gasteiger partial charge >= 0.3 is 6.01 Å². The van der Waals surface area contributed by atoms with Gasteiger partial charge in [0.05, 0.1) is 35.4 Å². The number of amides is 1. The summed E-state index contributed by atoms with van der Waals surface area (Å²) in [5.41, 5.74) is 2.17. The number of benzene rings is 4. The van der Waals surface area contributed by atoms with Crippen molar-refractivity contribution >= 4 is 26.8 Å². The third kappa shape index (κ3) is 6.78. The Kier molecular flexibility index (Phi) is 9.01. The zero-order valence-corrected chi connectivity index (χ0v) is 27.4. The van der Waals surface area contributed by atoms with Gasteiger partial charge in [-0.15, -0.1) is 0 Å². The lowest BCUT2D eigenvalue weighted by atomic mass is 10.1. The molecule has 0 aliphatic heterocycles. The van der Waals surface area contributed by atoms with Crippen molar-refractivity contribution in [3.8, 4) is 34.7 Å². The number of ether oxygens (including phenoxy) is 3. The van der Waals surface area contributed by atoms with E-state index in [4.69, 9.17) is 14.2 Å². The fraction of sp³-hybridized carbons (Fsp3) is 0.111. The lowest BCUT2D eigenvalue weighted by molar-refractivity contribution is 0.0951. The number of hydrogen-bond acceptors (Lipinski definition) is 10. The molecule has 6 rings (SSSR count). The van der Waals surface area contributed by atoms with Gasteiger partial charge in [-0.25, -0.2) is 8.42 Å². The molecule has 2 N–H and O–H groups in total. The molecule has 0 unspecified atom stereocenters. The summed E-state index contributed by atoms with van der Waals surface area (Å²) in [7, 11) is -0.727. The predicted octanol–water partition coefficient (Wildman–Crippen LogP) is 5.37. The van der Waals surface area contributed by atoms with Gasteiger partial charge < -0.3 is 24.6 Å². The van der Waals surface area contributed by atoms with E-state index in [9.17, 15) is 23.1 Å². The van der Waals surface area contributed by atoms with Crippen molar-refractivity contribution in [2.75, 3.05) is 14.2 Å². The van der Waals surface area contributed by atoms with Crippen LogP contribution in [0, 0.1) is 6.92 Å². The second-order valence-electron chi connectivity index (χ2n) is 10.8. The summed E-state index contributed by atoms with van der Waals surface area (Å²) in [5.74, 6) is 1.08. The molecule has 0 spiro atoms. The first-order valence-corrected chi connectivity index (χ1v) is 16.4. The minimum atomic E-state index is -3.82. The van der Waals surface area contributed by atoms with Gasteiger partial charge in [0, 0.05) is 23.6 Å². The fourth-order valence-electron chi connectivity index (χ4n) is 5.13. The van der Waals surface area contributed by atoms with Crippen molar-refractivity contribution in [2.45, 2.75) is 23.3 Å². The van der Waals surface area contributed by atoms with Crippen molar-refractivity contribution in [1.82, 2.24) is 19.9 Å². The van der Waals surface area contributed by atoms with Gasteiger partial charge in [0.15, 0.2) is 17.1 Å². The van der Waals surface area contributed by atoms with E-state index in [-0.39, 0.29) is 51.0 Å². The van der Waals surface area contributed by atoms with E-state index in [0.717, 1.165) is 5.56 Å². The molecular formula is C36H30N4O8S. The molecule has 0 radical (unpaired) electrons. The van der Waals surface area contributed by atoms with Gasteiger partial charge in [0.25, 0.3) is 11.5 Å². The molecule has 0 aliphatic rings. The Bertz CT molecular complexity index is 2340. The van der Waals surface area contributed by atoms with Crippen LogP contribution in [-0.4, -0.2) is 48.2 Å². The Labute approximate surface area is 281 Å². The number of rotatable bonds is 10. The maximum absolute atomic E-state index is 13.2. The molecule has 0 fully saturated rings. The van der Waals surface area contributed by atoms with Crippen LogP contribution in [0.3, 0.4) is 0 Å². The Hall–Kier alpha value is -6.21. The average molecular weight is 679 g/mol. The van der Waals surface area contributed by atoms with Crippen LogP contribution in [0.5, 0.6) is 29.0 Å². The molecule has 4 aromatic carbocycles. The summed E-state index contributed by atoms with van der Waals surface area (Å²) in [6.45, 7) is 2.02. The Morgan fingerprint density at radius 1 is 0.816 bits per heavy atom. The number of carbonyl (C=O) groups is 1. The minimum Gasteiger partial charge on any atom is -0.508 e. The Morgan fingerprint density at radius 3 is 2.12 bits per heavy atom. The van der Waals surface area contributed by atoms with Crippen LogP contribution in [0.4, 0.5) is 0 Å². The maximum Gasteiger partial charge on any atom is 0.324 e. The molecule has 49 heavy (non-hydrogen) atoms. The standard InChI is InChI=1S/C36H30N4O8S/c1-22-30-17-19-33(42)40(25-7-5-24(6-8-25)35(43)37-21-23-4-18-31(46-2)32(20-23)47-3)34(30)39-36(38-22)48-27-11-15-29(16-12-27)49(44,45)28-13-9-26(41)10-14-28/h4-20,41H,21H2,1-3H3,(H,37,43). The van der Waals surface area contributed by atoms with Gasteiger partial charge in [-0.1, -0.05) is 6.07 Å². The van der Waals surface area contributed by atoms with Crippen molar-refractivity contribution in [1.29, 1.82) is 0 Å². The number of aromatic nitrogens is 3. The van der Waals surface area contributed by atoms with E-state index in [1.54, 1.807) is 63.6 Å². The van der Waals surface area contributed by atoms with E-state index < -0.39 is 9.84 Å². The van der Waals surface area contributed by atoms with Crippen LogP contribution in [-0.2, 0) is 16.4 Å². The van der Waals surface area contributed by atoms with Gasteiger partial charge in [-0.2, -0.15) is 9.97 Å². The van der Waals surface area contributed by atoms with E-state index in [1.807, 2.05) is 6.07 Å². The molecule has 248 valence electrons. The normalized spacial score (nSPS) is 11.2. The van der Waals surface area contributed by atoms with E-state index in [1.165, 1.54) is 59.2 Å². The van der Waals surface area contributed by atoms with Gasteiger partial charge in [-0.3, -0.25) is 14.2 Å². The quantitative estimate of drug-likeness (QED) is 0.193. The molecule has 1 amide bonds. The van der Waals surface area contributed by atoms with Crippen LogP contribution in [0.25, 0.3) is 16.7 Å². The molecule has 0 atom stereocenters. The van der Waals surface area contributed by atoms with Gasteiger partial charge in [0.2, 0.25) is 9.84 Å². The number of aryl methyl sites for hydroxylation is 1. The van der Waals surface area contributed by atoms with Crippen LogP contribution in [0.15, 0.2) is 118 Å². The number of phenols is 1. The summed E-state index contributed by atoms with van der Waals surface area (Å²) in [5, 5.41) is 13.0. The molecule has 0 saturated carbocycles. The molecule has 2 aromatic heterocycles. The highest BCUT2D eigenvalue weighted by Gasteiger charge is 2.19. The topological polar surface area (TPSA) is 159 Å². The number of aromatic hydroxyl groups is 1. The molecule has 0 saturated heterocycles. The van der Waals surface area contributed by atoms with Crippen LogP contribution >= 0.6 is 0 Å². The zero-order valence-electron chi connectivity index (χ0n) is 26.6. The second-order valence-corrected chi connectivity index (χ2v) is 12.8. The molecular weight excluding hydrogens is 648 g/mol. The number of nitrogens with zero attached hydrogens (tertiary/aromatic N) is 3. The fourth-order valence-corrected chi connectivity index (χ4v) is 6.39. The Morgan fingerprint density at radius 2 is 1.47 bits per heavy atom. The summed E-state index contributed by atoms with van der Waals surface area (Å²) in [6, 6.07) is 25.9. The third-order valence-electron chi connectivity index (χ3n) is 7.70. The number of carbonyl (C=O) groups excluding carboxylic acids is 1. The number of hydrogen-bond donors (Lipinski definition) is 2. The van der Waals surface area contributed by atoms with Gasteiger partial charge in [0.1, 0.15) is 11.5 Å². The van der Waals surface area contributed by atoms with Crippen LogP contribution in [0.2, 0.25) is 0 Å². The highest BCUT2D eigenvalue weighted by Crippen LogP contribution is 2.29. The predicted molar refractivity (Wildman–Crippen MR) is 181 cm³/mol. The second kappa shape index (κ2) is 13.5. The number of methoxy groups -OCH3 is 2. The van der Waals surface area contributed by atoms with Gasteiger partial charge in [-0.05, 0) is 103 Å². The maximum atomic E-state index is 13.2. The first-order chi connectivity index (χ1) is 23.6.